The van der Waals surface area contributed by atoms with E-state index >= 15 is 0 Å². The van der Waals surface area contributed by atoms with Crippen molar-refractivity contribution in [2.45, 2.75) is 24.8 Å². The minimum atomic E-state index is -1.11. The SMILES string of the molecule is COc1ccc2c(c1)C(C)(c1ccccc1)CC(c1cccc(-c3ccc(C(N)=O)cc3C(=O)O)c1)N2. The van der Waals surface area contributed by atoms with Gasteiger partial charge in [0.1, 0.15) is 5.75 Å². The number of carbonyl (C=O) groups is 2. The van der Waals surface area contributed by atoms with Gasteiger partial charge >= 0.3 is 5.97 Å². The number of methoxy groups -OCH3 is 1. The molecule has 0 radical (unpaired) electrons. The summed E-state index contributed by atoms with van der Waals surface area (Å²) in [5.41, 5.74) is 11.0. The number of nitrogens with two attached hydrogens (primary N) is 1. The number of carboxylic acid groups (broad SMARTS) is 1. The fraction of sp³-hybridized carbons (Fsp3) is 0.161. The highest BCUT2D eigenvalue weighted by atomic mass is 16.5. The van der Waals surface area contributed by atoms with Crippen LogP contribution in [0, 0.1) is 0 Å². The number of aromatic carboxylic acids is 1. The molecule has 4 aromatic carbocycles. The molecule has 2 unspecified atom stereocenters. The molecule has 2 atom stereocenters. The van der Waals surface area contributed by atoms with Crippen molar-refractivity contribution in [3.63, 3.8) is 0 Å². The van der Waals surface area contributed by atoms with Gasteiger partial charge < -0.3 is 20.9 Å². The topological polar surface area (TPSA) is 102 Å². The number of primary amides is 1. The molecule has 0 saturated carbocycles. The second-order valence-electron chi connectivity index (χ2n) is 9.57. The van der Waals surface area contributed by atoms with Crippen molar-refractivity contribution in [3.8, 4) is 16.9 Å². The highest BCUT2D eigenvalue weighted by Gasteiger charge is 2.39. The zero-order valence-corrected chi connectivity index (χ0v) is 20.7. The molecular formula is C31H28N2O4. The zero-order chi connectivity index (χ0) is 26.2. The van der Waals surface area contributed by atoms with E-state index in [1.54, 1.807) is 19.2 Å². The van der Waals surface area contributed by atoms with E-state index in [9.17, 15) is 14.7 Å². The van der Waals surface area contributed by atoms with Gasteiger partial charge in [0, 0.05) is 16.7 Å². The maximum atomic E-state index is 12.0. The highest BCUT2D eigenvalue weighted by Crippen LogP contribution is 2.49. The maximum absolute atomic E-state index is 12.0. The molecule has 0 aliphatic carbocycles. The lowest BCUT2D eigenvalue weighted by molar-refractivity contribution is 0.0697. The number of fused-ring (bicyclic) bond motifs is 1. The van der Waals surface area contributed by atoms with Crippen LogP contribution in [0.1, 0.15) is 56.8 Å². The Kier molecular flexibility index (Phi) is 6.17. The average Bonchev–Trinajstić information content (AvgIpc) is 2.93. The number of hydrogen-bond acceptors (Lipinski definition) is 4. The van der Waals surface area contributed by atoms with Gasteiger partial charge in [0.05, 0.1) is 18.7 Å². The summed E-state index contributed by atoms with van der Waals surface area (Å²) >= 11 is 0. The Bertz CT molecular complexity index is 1500. The van der Waals surface area contributed by atoms with Crippen molar-refractivity contribution >= 4 is 17.6 Å². The molecule has 0 fully saturated rings. The van der Waals surface area contributed by atoms with Crippen LogP contribution in [0.2, 0.25) is 0 Å². The van der Waals surface area contributed by atoms with Gasteiger partial charge in [-0.2, -0.15) is 0 Å². The van der Waals surface area contributed by atoms with Crippen LogP contribution >= 0.6 is 0 Å². The number of hydrogen-bond donors (Lipinski definition) is 3. The average molecular weight is 493 g/mol. The first-order valence-electron chi connectivity index (χ1n) is 12.1. The molecule has 186 valence electrons. The summed E-state index contributed by atoms with van der Waals surface area (Å²) < 4.78 is 5.53. The van der Waals surface area contributed by atoms with Gasteiger partial charge in [-0.3, -0.25) is 4.79 Å². The lowest BCUT2D eigenvalue weighted by Crippen LogP contribution is -2.34. The van der Waals surface area contributed by atoms with Crippen LogP contribution in [0.25, 0.3) is 11.1 Å². The minimum Gasteiger partial charge on any atom is -0.497 e. The van der Waals surface area contributed by atoms with Gasteiger partial charge in [-0.15, -0.1) is 0 Å². The van der Waals surface area contributed by atoms with E-state index in [-0.39, 0.29) is 22.6 Å². The number of amides is 1. The Balaban J connectivity index is 1.59. The first-order valence-corrected chi connectivity index (χ1v) is 12.1. The molecule has 1 amide bonds. The maximum Gasteiger partial charge on any atom is 0.336 e. The fourth-order valence-corrected chi connectivity index (χ4v) is 5.32. The number of nitrogens with one attached hydrogen (secondary N) is 1. The van der Waals surface area contributed by atoms with Crippen LogP contribution in [-0.2, 0) is 5.41 Å². The summed E-state index contributed by atoms with van der Waals surface area (Å²) in [5, 5.41) is 13.5. The molecular weight excluding hydrogens is 464 g/mol. The first-order chi connectivity index (χ1) is 17.8. The molecule has 6 nitrogen and oxygen atoms in total. The summed E-state index contributed by atoms with van der Waals surface area (Å²) in [7, 11) is 1.67. The smallest absolute Gasteiger partial charge is 0.336 e. The molecule has 1 heterocycles. The van der Waals surface area contributed by atoms with E-state index < -0.39 is 11.9 Å². The fourth-order valence-electron chi connectivity index (χ4n) is 5.32. The van der Waals surface area contributed by atoms with E-state index in [1.165, 1.54) is 17.2 Å². The Morgan fingerprint density at radius 3 is 2.46 bits per heavy atom. The summed E-state index contributed by atoms with van der Waals surface area (Å²) in [6.45, 7) is 2.25. The van der Waals surface area contributed by atoms with E-state index in [1.807, 2.05) is 30.3 Å². The summed E-state index contributed by atoms with van der Waals surface area (Å²) in [6.07, 6.45) is 0.785. The second-order valence-corrected chi connectivity index (χ2v) is 9.57. The second kappa shape index (κ2) is 9.47. The van der Waals surface area contributed by atoms with Crippen LogP contribution in [-0.4, -0.2) is 24.1 Å². The molecule has 4 aromatic rings. The van der Waals surface area contributed by atoms with E-state index in [0.717, 1.165) is 29.0 Å². The molecule has 0 aromatic heterocycles. The molecule has 1 aliphatic rings. The molecule has 37 heavy (non-hydrogen) atoms. The molecule has 0 bridgehead atoms. The third-order valence-corrected chi connectivity index (χ3v) is 7.31. The highest BCUT2D eigenvalue weighted by molar-refractivity contribution is 6.01. The standard InChI is InChI=1S/C31H28N2O4/c1-31(22-9-4-3-5-10-22)18-28(33-27-14-12-23(37-2)17-26(27)31)20-8-6-7-19(15-20)24-13-11-21(29(32)34)16-25(24)30(35)36/h3-17,28,33H,18H2,1-2H3,(H2,32,34)(H,35,36). The summed E-state index contributed by atoms with van der Waals surface area (Å²) in [6, 6.07) is 29.0. The van der Waals surface area contributed by atoms with Crippen LogP contribution in [0.5, 0.6) is 5.75 Å². The third-order valence-electron chi connectivity index (χ3n) is 7.31. The van der Waals surface area contributed by atoms with Gasteiger partial charge in [-0.1, -0.05) is 61.5 Å². The van der Waals surface area contributed by atoms with E-state index in [2.05, 4.69) is 54.7 Å². The number of rotatable bonds is 6. The lowest BCUT2D eigenvalue weighted by atomic mass is 9.68. The minimum absolute atomic E-state index is 0.0239. The van der Waals surface area contributed by atoms with Crippen molar-refractivity contribution < 1.29 is 19.4 Å². The quantitative estimate of drug-likeness (QED) is 0.305. The Hall–Kier alpha value is -4.58. The molecule has 1 aliphatic heterocycles. The van der Waals surface area contributed by atoms with Gasteiger partial charge in [0.25, 0.3) is 0 Å². The molecule has 5 rings (SSSR count). The predicted molar refractivity (Wildman–Crippen MR) is 144 cm³/mol. The number of carbonyl (C=O) groups excluding carboxylic acids is 1. The Labute approximate surface area is 215 Å². The summed E-state index contributed by atoms with van der Waals surface area (Å²) in [4.78, 5) is 23.6. The molecule has 0 saturated heterocycles. The molecule has 0 spiro atoms. The number of benzene rings is 4. The monoisotopic (exact) mass is 492 g/mol. The number of anilines is 1. The lowest BCUT2D eigenvalue weighted by Gasteiger charge is -2.42. The molecule has 6 heteroatoms. The van der Waals surface area contributed by atoms with Crippen molar-refractivity contribution in [1.82, 2.24) is 0 Å². The van der Waals surface area contributed by atoms with Crippen LogP contribution in [0.3, 0.4) is 0 Å². The van der Waals surface area contributed by atoms with Gasteiger partial charge in [0.2, 0.25) is 5.91 Å². The van der Waals surface area contributed by atoms with Crippen LogP contribution < -0.4 is 15.8 Å². The normalized spacial score (nSPS) is 18.4. The third kappa shape index (κ3) is 4.42. The van der Waals surface area contributed by atoms with Crippen molar-refractivity contribution in [1.29, 1.82) is 0 Å². The van der Waals surface area contributed by atoms with Gasteiger partial charge in [0.15, 0.2) is 0 Å². The Morgan fingerprint density at radius 1 is 0.973 bits per heavy atom. The first kappa shape index (κ1) is 24.1. The van der Waals surface area contributed by atoms with E-state index in [4.69, 9.17) is 10.5 Å². The van der Waals surface area contributed by atoms with Gasteiger partial charge in [-0.25, -0.2) is 4.79 Å². The molecule has 4 N–H and O–H groups in total. The number of carboxylic acids is 1. The van der Waals surface area contributed by atoms with Crippen molar-refractivity contribution in [2.75, 3.05) is 12.4 Å². The van der Waals surface area contributed by atoms with Crippen LogP contribution in [0.4, 0.5) is 5.69 Å². The predicted octanol–water partition coefficient (Wildman–Crippen LogP) is 6.02. The summed E-state index contributed by atoms with van der Waals surface area (Å²) in [5.74, 6) is -0.965. The van der Waals surface area contributed by atoms with Crippen LogP contribution in [0.15, 0.2) is 91.0 Å². The number of ether oxygens (including phenoxy) is 1. The van der Waals surface area contributed by atoms with Crippen molar-refractivity contribution in [3.05, 3.63) is 119 Å². The Morgan fingerprint density at radius 2 is 1.76 bits per heavy atom. The van der Waals surface area contributed by atoms with Gasteiger partial charge in [-0.05, 0) is 70.6 Å². The zero-order valence-electron chi connectivity index (χ0n) is 20.7. The largest absolute Gasteiger partial charge is 0.497 e. The van der Waals surface area contributed by atoms with Crippen molar-refractivity contribution in [2.24, 2.45) is 5.73 Å². The van der Waals surface area contributed by atoms with E-state index in [0.29, 0.717) is 5.56 Å².